The summed E-state index contributed by atoms with van der Waals surface area (Å²) < 4.78 is 0. The fourth-order valence-corrected chi connectivity index (χ4v) is 4.53. The number of thiazole rings is 1. The van der Waals surface area contributed by atoms with E-state index in [1.165, 1.54) is 17.7 Å². The van der Waals surface area contributed by atoms with E-state index in [9.17, 15) is 4.79 Å². The molecule has 3 N–H and O–H groups in total. The molecular weight excluding hydrogens is 290 g/mol. The molecule has 0 atom stereocenters. The Morgan fingerprint density at radius 2 is 1.95 bits per heavy atom. The van der Waals surface area contributed by atoms with Crippen molar-refractivity contribution in [2.45, 2.75) is 51.4 Å². The maximum absolute atomic E-state index is 12.6. The first-order valence-corrected chi connectivity index (χ1v) is 8.44. The van der Waals surface area contributed by atoms with Crippen molar-refractivity contribution in [3.8, 4) is 0 Å². The number of carbonyl (C=O) groups is 1. The van der Waals surface area contributed by atoms with Gasteiger partial charge in [0, 0.05) is 4.88 Å². The molecule has 1 heterocycles. The Morgan fingerprint density at radius 1 is 1.25 bits per heavy atom. The van der Waals surface area contributed by atoms with Crippen LogP contribution in [0.15, 0.2) is 0 Å². The van der Waals surface area contributed by atoms with E-state index >= 15 is 0 Å². The van der Waals surface area contributed by atoms with E-state index in [1.54, 1.807) is 11.3 Å². The smallest absolute Gasteiger partial charge is 0.239 e. The lowest BCUT2D eigenvalue weighted by atomic mass is 9.85. The lowest BCUT2D eigenvalue weighted by Gasteiger charge is -2.25. The van der Waals surface area contributed by atoms with Gasteiger partial charge in [-0.25, -0.2) is 4.98 Å². The molecule has 0 spiro atoms. The van der Waals surface area contributed by atoms with E-state index in [2.05, 4.69) is 10.3 Å². The Hall–Kier alpha value is -1.01. The number of carbonyl (C=O) groups excluding carboxylic acids is 1. The molecule has 20 heavy (non-hydrogen) atoms. The molecule has 6 heteroatoms. The van der Waals surface area contributed by atoms with Gasteiger partial charge in [-0.1, -0.05) is 25.1 Å². The minimum absolute atomic E-state index is 0.0615. The number of rotatable bonds is 3. The first-order valence-electron chi connectivity index (χ1n) is 7.22. The van der Waals surface area contributed by atoms with Gasteiger partial charge in [0.15, 0.2) is 5.13 Å². The molecule has 4 nitrogen and oxygen atoms in total. The third-order valence-corrected chi connectivity index (χ3v) is 5.89. The number of thiocarbonyl (C=S) groups is 1. The molecule has 1 aromatic rings. The van der Waals surface area contributed by atoms with Crippen molar-refractivity contribution in [3.63, 3.8) is 0 Å². The van der Waals surface area contributed by atoms with Crippen LogP contribution in [-0.4, -0.2) is 15.9 Å². The van der Waals surface area contributed by atoms with Gasteiger partial charge in [0.25, 0.3) is 0 Å². The number of hydrogen-bond donors (Lipinski definition) is 2. The Morgan fingerprint density at radius 3 is 2.60 bits per heavy atom. The highest BCUT2D eigenvalue weighted by molar-refractivity contribution is 7.80. The monoisotopic (exact) mass is 309 g/mol. The summed E-state index contributed by atoms with van der Waals surface area (Å²) in [4.78, 5) is 18.8. The Balaban J connectivity index is 1.78. The summed E-state index contributed by atoms with van der Waals surface area (Å²) in [7, 11) is 0. The van der Waals surface area contributed by atoms with E-state index in [4.69, 9.17) is 18.0 Å². The van der Waals surface area contributed by atoms with Crippen molar-refractivity contribution in [2.24, 2.45) is 11.1 Å². The molecule has 1 saturated carbocycles. The number of nitrogens with zero attached hydrogens (tertiary/aromatic N) is 1. The predicted octanol–water partition coefficient (Wildman–Crippen LogP) is 2.81. The number of fused-ring (bicyclic) bond motifs is 1. The fourth-order valence-electron chi connectivity index (χ4n) is 3.19. The van der Waals surface area contributed by atoms with E-state index in [0.717, 1.165) is 44.2 Å². The van der Waals surface area contributed by atoms with Crippen molar-refractivity contribution >= 4 is 39.6 Å². The van der Waals surface area contributed by atoms with Crippen LogP contribution in [0.1, 0.15) is 49.1 Å². The SMILES string of the molecule is NC(=S)C1(C(=O)Nc2nc3c(s2)CCCC3)CCCC1. The van der Waals surface area contributed by atoms with Crippen LogP contribution in [0.2, 0.25) is 0 Å². The first-order chi connectivity index (χ1) is 9.62. The average molecular weight is 309 g/mol. The second-order valence-corrected chi connectivity index (χ2v) is 7.23. The number of aryl methyl sites for hydroxylation is 2. The van der Waals surface area contributed by atoms with Crippen molar-refractivity contribution in [1.29, 1.82) is 0 Å². The summed E-state index contributed by atoms with van der Waals surface area (Å²) >= 11 is 6.75. The molecule has 0 saturated heterocycles. The van der Waals surface area contributed by atoms with Crippen molar-refractivity contribution in [1.82, 2.24) is 4.98 Å². The molecule has 1 fully saturated rings. The number of nitrogens with one attached hydrogen (secondary N) is 1. The van der Waals surface area contributed by atoms with Crippen LogP contribution in [0.5, 0.6) is 0 Å². The van der Waals surface area contributed by atoms with Gasteiger partial charge >= 0.3 is 0 Å². The number of hydrogen-bond acceptors (Lipinski definition) is 4. The van der Waals surface area contributed by atoms with Gasteiger partial charge in [-0.3, -0.25) is 4.79 Å². The second-order valence-electron chi connectivity index (χ2n) is 5.70. The van der Waals surface area contributed by atoms with Crippen LogP contribution >= 0.6 is 23.6 Å². The summed E-state index contributed by atoms with van der Waals surface area (Å²) in [6.07, 6.45) is 8.09. The predicted molar refractivity (Wildman–Crippen MR) is 85.1 cm³/mol. The number of amides is 1. The zero-order valence-corrected chi connectivity index (χ0v) is 13.0. The Kier molecular flexibility index (Phi) is 3.77. The van der Waals surface area contributed by atoms with Crippen molar-refractivity contribution in [3.05, 3.63) is 10.6 Å². The minimum atomic E-state index is -0.651. The summed E-state index contributed by atoms with van der Waals surface area (Å²) in [5.41, 5.74) is 6.35. The van der Waals surface area contributed by atoms with Crippen LogP contribution in [0.25, 0.3) is 0 Å². The standard InChI is InChI=1S/C14H19N3OS2/c15-11(19)14(7-3-4-8-14)12(18)17-13-16-9-5-1-2-6-10(9)20-13/h1-8H2,(H2,15,19)(H,16,17,18). The van der Waals surface area contributed by atoms with Crippen LogP contribution in [0, 0.1) is 5.41 Å². The van der Waals surface area contributed by atoms with Crippen LogP contribution in [-0.2, 0) is 17.6 Å². The molecular formula is C14H19N3OS2. The highest BCUT2D eigenvalue weighted by atomic mass is 32.1. The zero-order chi connectivity index (χ0) is 14.2. The lowest BCUT2D eigenvalue weighted by Crippen LogP contribution is -2.43. The summed E-state index contributed by atoms with van der Waals surface area (Å²) in [5.74, 6) is -0.0615. The normalized spacial score (nSPS) is 20.4. The molecule has 108 valence electrons. The van der Waals surface area contributed by atoms with Gasteiger partial charge in [0.2, 0.25) is 5.91 Å². The summed E-state index contributed by atoms with van der Waals surface area (Å²) in [6, 6.07) is 0. The molecule has 0 aliphatic heterocycles. The Bertz CT molecular complexity index is 523. The topological polar surface area (TPSA) is 68.0 Å². The van der Waals surface area contributed by atoms with E-state index in [0.29, 0.717) is 10.1 Å². The molecule has 1 aromatic heterocycles. The van der Waals surface area contributed by atoms with Crippen molar-refractivity contribution < 1.29 is 4.79 Å². The molecule has 3 rings (SSSR count). The molecule has 2 aliphatic rings. The molecule has 0 aromatic carbocycles. The van der Waals surface area contributed by atoms with Crippen LogP contribution in [0.4, 0.5) is 5.13 Å². The van der Waals surface area contributed by atoms with Gasteiger partial charge in [-0.05, 0) is 38.5 Å². The largest absolute Gasteiger partial charge is 0.392 e. The van der Waals surface area contributed by atoms with E-state index < -0.39 is 5.41 Å². The zero-order valence-electron chi connectivity index (χ0n) is 11.4. The average Bonchev–Trinajstić information content (AvgIpc) is 3.05. The number of anilines is 1. The van der Waals surface area contributed by atoms with Gasteiger partial charge in [-0.2, -0.15) is 0 Å². The van der Waals surface area contributed by atoms with Gasteiger partial charge in [0.05, 0.1) is 16.1 Å². The molecule has 0 unspecified atom stereocenters. The Labute approximate surface area is 128 Å². The van der Waals surface area contributed by atoms with Crippen LogP contribution in [0.3, 0.4) is 0 Å². The molecule has 2 aliphatic carbocycles. The van der Waals surface area contributed by atoms with Gasteiger partial charge in [0.1, 0.15) is 0 Å². The minimum Gasteiger partial charge on any atom is -0.392 e. The number of aromatic nitrogens is 1. The molecule has 1 amide bonds. The molecule has 0 radical (unpaired) electrons. The summed E-state index contributed by atoms with van der Waals surface area (Å²) in [6.45, 7) is 0. The highest BCUT2D eigenvalue weighted by Crippen LogP contribution is 2.40. The van der Waals surface area contributed by atoms with E-state index in [-0.39, 0.29) is 5.91 Å². The van der Waals surface area contributed by atoms with Crippen LogP contribution < -0.4 is 11.1 Å². The lowest BCUT2D eigenvalue weighted by molar-refractivity contribution is -0.122. The summed E-state index contributed by atoms with van der Waals surface area (Å²) in [5, 5.41) is 3.68. The third kappa shape index (κ3) is 2.35. The maximum atomic E-state index is 12.6. The quantitative estimate of drug-likeness (QED) is 0.843. The second kappa shape index (κ2) is 5.41. The molecule has 0 bridgehead atoms. The highest BCUT2D eigenvalue weighted by Gasteiger charge is 2.44. The fraction of sp³-hybridized carbons (Fsp3) is 0.643. The third-order valence-electron chi connectivity index (χ3n) is 4.43. The first kappa shape index (κ1) is 13.9. The van der Waals surface area contributed by atoms with Gasteiger partial charge in [-0.15, -0.1) is 11.3 Å². The van der Waals surface area contributed by atoms with Crippen molar-refractivity contribution in [2.75, 3.05) is 5.32 Å². The maximum Gasteiger partial charge on any atom is 0.239 e. The number of nitrogens with two attached hydrogens (primary N) is 1. The van der Waals surface area contributed by atoms with E-state index in [1.807, 2.05) is 0 Å². The van der Waals surface area contributed by atoms with Gasteiger partial charge < -0.3 is 11.1 Å².